The fraction of sp³-hybridized carbons (Fsp3) is 0.143. The minimum absolute atomic E-state index is 0.197. The summed E-state index contributed by atoms with van der Waals surface area (Å²) >= 11 is 0. The lowest BCUT2D eigenvalue weighted by Crippen LogP contribution is -1.92. The molecule has 44 valence electrons. The Kier molecular flexibility index (Phi) is 0.730. The predicted octanol–water partition coefficient (Wildman–Crippen LogP) is 0.854. The normalized spacial score (nSPS) is 22.0. The van der Waals surface area contributed by atoms with Gasteiger partial charge >= 0.3 is 0 Å². The molecule has 0 N–H and O–H groups in total. The van der Waals surface area contributed by atoms with Crippen LogP contribution in [-0.4, -0.2) is 12.0 Å². The zero-order chi connectivity index (χ0) is 6.27. The molecule has 0 aromatic rings. The standard InChI is InChI=1S/C7H5NO/c9-7-2-1-5-3-8-4-6(5)7/h1,3-4H,2H2. The molecule has 1 aliphatic heterocycles. The van der Waals surface area contributed by atoms with Crippen LogP contribution in [0.15, 0.2) is 28.4 Å². The van der Waals surface area contributed by atoms with E-state index in [2.05, 4.69) is 4.99 Å². The highest BCUT2D eigenvalue weighted by Crippen LogP contribution is 2.23. The number of ketones is 1. The Hall–Kier alpha value is -1.18. The molecule has 0 saturated heterocycles. The summed E-state index contributed by atoms with van der Waals surface area (Å²) in [5.74, 6) is 0.197. The van der Waals surface area contributed by atoms with E-state index in [-0.39, 0.29) is 5.78 Å². The van der Waals surface area contributed by atoms with Crippen molar-refractivity contribution in [3.63, 3.8) is 0 Å². The summed E-state index contributed by atoms with van der Waals surface area (Å²) in [6, 6.07) is 0. The summed E-state index contributed by atoms with van der Waals surface area (Å²) in [6.07, 6.45) is 5.82. The van der Waals surface area contributed by atoms with Gasteiger partial charge in [0.2, 0.25) is 0 Å². The molecule has 2 rings (SSSR count). The van der Waals surface area contributed by atoms with Gasteiger partial charge in [-0.3, -0.25) is 9.79 Å². The molecule has 0 aromatic heterocycles. The van der Waals surface area contributed by atoms with Crippen molar-refractivity contribution in [1.29, 1.82) is 0 Å². The van der Waals surface area contributed by atoms with Gasteiger partial charge < -0.3 is 0 Å². The largest absolute Gasteiger partial charge is 0.294 e. The Morgan fingerprint density at radius 2 is 2.44 bits per heavy atom. The average Bonchev–Trinajstić information content (AvgIpc) is 2.35. The van der Waals surface area contributed by atoms with Crippen LogP contribution in [0.4, 0.5) is 0 Å². The minimum atomic E-state index is 0.197. The maximum atomic E-state index is 10.9. The molecule has 2 heteroatoms. The van der Waals surface area contributed by atoms with Crippen molar-refractivity contribution in [2.45, 2.75) is 6.42 Å². The molecule has 0 bridgehead atoms. The number of aliphatic imine (C=N–C) groups is 1. The highest BCUT2D eigenvalue weighted by Gasteiger charge is 2.20. The van der Waals surface area contributed by atoms with Gasteiger partial charge in [0, 0.05) is 30.0 Å². The Labute approximate surface area is 52.6 Å². The van der Waals surface area contributed by atoms with Gasteiger partial charge in [-0.1, -0.05) is 6.08 Å². The third-order valence-electron chi connectivity index (χ3n) is 1.54. The van der Waals surface area contributed by atoms with Crippen LogP contribution in [0.5, 0.6) is 0 Å². The van der Waals surface area contributed by atoms with Gasteiger partial charge in [-0.05, 0) is 0 Å². The smallest absolute Gasteiger partial charge is 0.168 e. The fourth-order valence-electron chi connectivity index (χ4n) is 1.04. The van der Waals surface area contributed by atoms with Crippen molar-refractivity contribution < 1.29 is 4.79 Å². The number of nitrogens with zero attached hydrogens (tertiary/aromatic N) is 1. The van der Waals surface area contributed by atoms with E-state index in [0.29, 0.717) is 6.42 Å². The topological polar surface area (TPSA) is 29.4 Å². The van der Waals surface area contributed by atoms with Crippen LogP contribution in [-0.2, 0) is 4.79 Å². The second kappa shape index (κ2) is 1.41. The molecule has 0 amide bonds. The van der Waals surface area contributed by atoms with Crippen molar-refractivity contribution in [2.24, 2.45) is 4.99 Å². The molecule has 9 heavy (non-hydrogen) atoms. The van der Waals surface area contributed by atoms with Crippen molar-refractivity contribution in [1.82, 2.24) is 0 Å². The molecule has 0 fully saturated rings. The van der Waals surface area contributed by atoms with Gasteiger partial charge in [0.05, 0.1) is 0 Å². The number of hydrogen-bond donors (Lipinski definition) is 0. The van der Waals surface area contributed by atoms with Gasteiger partial charge in [0.25, 0.3) is 0 Å². The number of carbonyl (C=O) groups is 1. The van der Waals surface area contributed by atoms with Gasteiger partial charge in [0.15, 0.2) is 5.78 Å². The summed E-state index contributed by atoms with van der Waals surface area (Å²) in [7, 11) is 0. The molecule has 0 spiro atoms. The van der Waals surface area contributed by atoms with Crippen LogP contribution < -0.4 is 0 Å². The third-order valence-corrected chi connectivity index (χ3v) is 1.54. The molecule has 1 heterocycles. The summed E-state index contributed by atoms with van der Waals surface area (Å²) in [4.78, 5) is 14.7. The van der Waals surface area contributed by atoms with Crippen LogP contribution in [0.1, 0.15) is 6.42 Å². The summed E-state index contributed by atoms with van der Waals surface area (Å²) in [5, 5.41) is 0. The van der Waals surface area contributed by atoms with Crippen LogP contribution in [0.2, 0.25) is 0 Å². The molecule has 0 atom stereocenters. The Balaban J connectivity index is 2.53. The van der Waals surface area contributed by atoms with Gasteiger partial charge in [-0.15, -0.1) is 0 Å². The second-order valence-corrected chi connectivity index (χ2v) is 2.11. The third kappa shape index (κ3) is 0.499. The van der Waals surface area contributed by atoms with Gasteiger partial charge in [-0.25, -0.2) is 0 Å². The zero-order valence-electron chi connectivity index (χ0n) is 4.79. The van der Waals surface area contributed by atoms with Crippen molar-refractivity contribution in [3.05, 3.63) is 23.4 Å². The zero-order valence-corrected chi connectivity index (χ0v) is 4.79. The van der Waals surface area contributed by atoms with Crippen molar-refractivity contribution in [3.8, 4) is 0 Å². The lowest BCUT2D eigenvalue weighted by molar-refractivity contribution is -0.114. The minimum Gasteiger partial charge on any atom is -0.294 e. The first kappa shape index (κ1) is 4.68. The molecule has 2 nitrogen and oxygen atoms in total. The van der Waals surface area contributed by atoms with Gasteiger partial charge in [-0.2, -0.15) is 0 Å². The van der Waals surface area contributed by atoms with Crippen LogP contribution in [0.3, 0.4) is 0 Å². The first-order chi connectivity index (χ1) is 4.38. The first-order valence-electron chi connectivity index (χ1n) is 2.85. The molecule has 0 unspecified atom stereocenters. The molecule has 0 aromatic carbocycles. The molecule has 1 aliphatic carbocycles. The predicted molar refractivity (Wildman–Crippen MR) is 34.3 cm³/mol. The van der Waals surface area contributed by atoms with E-state index in [1.165, 1.54) is 0 Å². The Morgan fingerprint density at radius 3 is 3.22 bits per heavy atom. The summed E-state index contributed by atoms with van der Waals surface area (Å²) in [5.41, 5.74) is 1.79. The Morgan fingerprint density at radius 1 is 1.56 bits per heavy atom. The maximum absolute atomic E-state index is 10.9. The van der Waals surface area contributed by atoms with Crippen LogP contribution in [0.25, 0.3) is 0 Å². The highest BCUT2D eigenvalue weighted by molar-refractivity contribution is 6.13. The molecular weight excluding hydrogens is 114 g/mol. The number of fused-ring (bicyclic) bond motifs is 1. The number of rotatable bonds is 0. The summed E-state index contributed by atoms with van der Waals surface area (Å²) in [6.45, 7) is 0. The number of carbonyl (C=O) groups excluding carboxylic acids is 1. The maximum Gasteiger partial charge on any atom is 0.168 e. The second-order valence-electron chi connectivity index (χ2n) is 2.11. The van der Waals surface area contributed by atoms with E-state index in [0.717, 1.165) is 11.1 Å². The van der Waals surface area contributed by atoms with E-state index in [1.807, 2.05) is 6.08 Å². The van der Waals surface area contributed by atoms with Gasteiger partial charge in [0.1, 0.15) is 0 Å². The lowest BCUT2D eigenvalue weighted by Gasteiger charge is -1.85. The monoisotopic (exact) mass is 119 g/mol. The summed E-state index contributed by atoms with van der Waals surface area (Å²) < 4.78 is 0. The molecule has 2 aliphatic rings. The first-order valence-corrected chi connectivity index (χ1v) is 2.85. The fourth-order valence-corrected chi connectivity index (χ4v) is 1.04. The highest BCUT2D eigenvalue weighted by atomic mass is 16.1. The van der Waals surface area contributed by atoms with E-state index in [1.54, 1.807) is 12.4 Å². The van der Waals surface area contributed by atoms with E-state index >= 15 is 0 Å². The Bertz CT molecular complexity index is 258. The van der Waals surface area contributed by atoms with Crippen molar-refractivity contribution in [2.75, 3.05) is 0 Å². The molecule has 0 saturated carbocycles. The van der Waals surface area contributed by atoms with Crippen LogP contribution in [0, 0.1) is 0 Å². The van der Waals surface area contributed by atoms with E-state index in [4.69, 9.17) is 0 Å². The molecule has 0 radical (unpaired) electrons. The quantitative estimate of drug-likeness (QED) is 0.465. The van der Waals surface area contributed by atoms with Crippen LogP contribution >= 0.6 is 0 Å². The van der Waals surface area contributed by atoms with Crippen molar-refractivity contribution >= 4 is 12.0 Å². The molecular formula is C7H5NO. The van der Waals surface area contributed by atoms with E-state index < -0.39 is 0 Å². The lowest BCUT2D eigenvalue weighted by atomic mass is 10.2. The number of hydrogen-bond acceptors (Lipinski definition) is 2. The number of allylic oxidation sites excluding steroid dienone is 3. The average molecular weight is 119 g/mol. The number of Topliss-reactive ketones (excluding diaryl/α,β-unsaturated/α-hetero) is 1. The SMILES string of the molecule is O=C1CC=C2C=NC=C12. The van der Waals surface area contributed by atoms with E-state index in [9.17, 15) is 4.79 Å².